The Balaban J connectivity index is 2.18. The molecule has 3 N–H and O–H groups in total. The van der Waals surface area contributed by atoms with Crippen LogP contribution in [0.2, 0.25) is 0 Å². The Morgan fingerprint density at radius 3 is 2.95 bits per heavy atom. The van der Waals surface area contributed by atoms with Crippen LogP contribution in [0.5, 0.6) is 0 Å². The van der Waals surface area contributed by atoms with E-state index in [0.29, 0.717) is 4.90 Å². The molecule has 2 heterocycles. The van der Waals surface area contributed by atoms with Gasteiger partial charge in [-0.1, -0.05) is 6.04 Å². The first kappa shape index (κ1) is 7.28. The van der Waals surface area contributed by atoms with Crippen LogP contribution in [0.4, 0.5) is 5.69 Å². The summed E-state index contributed by atoms with van der Waals surface area (Å²) in [5, 5.41) is 2.05. The van der Waals surface area contributed by atoms with Crippen LogP contribution in [0, 0.1) is 0 Å². The van der Waals surface area contributed by atoms with Crippen LogP contribution in [-0.2, 0) is 16.1 Å². The highest BCUT2D eigenvalue weighted by Crippen LogP contribution is 2.30. The van der Waals surface area contributed by atoms with Gasteiger partial charge in [-0.05, 0) is 18.5 Å². The van der Waals surface area contributed by atoms with Gasteiger partial charge in [-0.3, -0.25) is 19.7 Å². The third kappa shape index (κ3) is 1.76. The predicted molar refractivity (Wildman–Crippen MR) is 66.9 cm³/mol. The lowest BCUT2D eigenvalue weighted by Crippen LogP contribution is -2.52. The summed E-state index contributed by atoms with van der Waals surface area (Å²) in [6, 6.07) is -2.96. The second-order valence-electron chi connectivity index (χ2n) is 4.29. The van der Waals surface area contributed by atoms with E-state index in [1.165, 1.54) is 0 Å². The summed E-state index contributed by atoms with van der Waals surface area (Å²) >= 11 is 0. The fourth-order valence-corrected chi connectivity index (χ4v) is 2.14. The lowest BCUT2D eigenvalue weighted by Gasteiger charge is -2.29. The van der Waals surface area contributed by atoms with Crippen molar-refractivity contribution in [1.82, 2.24) is 10.2 Å². The zero-order valence-corrected chi connectivity index (χ0v) is 9.74. The largest absolute Gasteiger partial charge is 0.398 e. The second-order valence-corrected chi connectivity index (χ2v) is 4.29. The van der Waals surface area contributed by atoms with Crippen LogP contribution in [0.1, 0.15) is 35.6 Å². The fraction of sp³-hybridized carbons (Fsp3) is 0.308. The molecule has 0 saturated carbocycles. The molecule has 98 valence electrons. The number of benzene rings is 1. The Hall–Kier alpha value is -2.37. The zero-order chi connectivity index (χ0) is 18.0. The van der Waals surface area contributed by atoms with Crippen LogP contribution in [0.3, 0.4) is 0 Å². The maximum absolute atomic E-state index is 12.7. The molecule has 1 saturated heterocycles. The Morgan fingerprint density at radius 2 is 2.21 bits per heavy atom. The van der Waals surface area contributed by atoms with Gasteiger partial charge < -0.3 is 10.6 Å². The molecule has 0 spiro atoms. The number of anilines is 1. The molecule has 1 unspecified atom stereocenters. The minimum Gasteiger partial charge on any atom is -0.398 e. The number of piperidine rings is 1. The average molecular weight is 264 g/mol. The van der Waals surface area contributed by atoms with E-state index >= 15 is 0 Å². The van der Waals surface area contributed by atoms with Crippen molar-refractivity contribution >= 4 is 23.4 Å². The summed E-state index contributed by atoms with van der Waals surface area (Å²) in [4.78, 5) is 36.6. The number of fused-ring (bicyclic) bond motifs is 1. The molecule has 0 bridgehead atoms. The number of hydrogen-bond donors (Lipinski definition) is 2. The molecule has 2 aliphatic rings. The molecule has 0 radical (unpaired) electrons. The fourth-order valence-electron chi connectivity index (χ4n) is 2.14. The lowest BCUT2D eigenvalue weighted by atomic mass is 10.0. The maximum Gasteiger partial charge on any atom is 0.255 e. The van der Waals surface area contributed by atoms with Crippen molar-refractivity contribution in [2.75, 3.05) is 5.73 Å². The first-order valence-corrected chi connectivity index (χ1v) is 5.66. The molecule has 2 aliphatic heterocycles. The molecule has 6 heteroatoms. The highest BCUT2D eigenvalue weighted by atomic mass is 16.2. The summed E-state index contributed by atoms with van der Waals surface area (Å²) < 4.78 is 39.7. The highest BCUT2D eigenvalue weighted by Gasteiger charge is 2.39. The molecule has 6 nitrogen and oxygen atoms in total. The minimum atomic E-state index is -2.53. The van der Waals surface area contributed by atoms with E-state index in [-0.39, 0.29) is 18.4 Å². The number of rotatable bonds is 1. The number of nitrogens with zero attached hydrogens (tertiary/aromatic N) is 1. The van der Waals surface area contributed by atoms with E-state index in [1.807, 2.05) is 0 Å². The van der Waals surface area contributed by atoms with Crippen LogP contribution < -0.4 is 11.1 Å². The molecule has 3 amide bonds. The van der Waals surface area contributed by atoms with E-state index in [1.54, 1.807) is 0 Å². The van der Waals surface area contributed by atoms with Crippen molar-refractivity contribution in [3.05, 3.63) is 29.3 Å². The van der Waals surface area contributed by atoms with Gasteiger partial charge in [0.05, 0.1) is 6.85 Å². The van der Waals surface area contributed by atoms with E-state index in [9.17, 15) is 14.4 Å². The van der Waals surface area contributed by atoms with Gasteiger partial charge in [0, 0.05) is 29.7 Å². The van der Waals surface area contributed by atoms with Crippen molar-refractivity contribution in [3.8, 4) is 0 Å². The predicted octanol–water partition coefficient (Wildman–Crippen LogP) is 0.0298. The third-order valence-corrected chi connectivity index (χ3v) is 3.09. The SMILES string of the molecule is [2H]c1c([2H])c(N)c2c(c1[2H])C(=O)N(C1CCC(=O)NC1=O)C2([2H])[2H]. The lowest BCUT2D eigenvalue weighted by molar-refractivity contribution is -0.136. The van der Waals surface area contributed by atoms with Gasteiger partial charge in [-0.25, -0.2) is 0 Å². The van der Waals surface area contributed by atoms with E-state index < -0.39 is 59.6 Å². The van der Waals surface area contributed by atoms with Gasteiger partial charge >= 0.3 is 0 Å². The van der Waals surface area contributed by atoms with Gasteiger partial charge in [0.1, 0.15) is 6.04 Å². The number of amides is 3. The average Bonchev–Trinajstić information content (AvgIpc) is 2.70. The van der Waals surface area contributed by atoms with Gasteiger partial charge in [0.25, 0.3) is 5.91 Å². The summed E-state index contributed by atoms with van der Waals surface area (Å²) in [6.45, 7) is -2.53. The van der Waals surface area contributed by atoms with Crippen LogP contribution in [0.15, 0.2) is 18.1 Å². The summed E-state index contributed by atoms with van der Waals surface area (Å²) in [5.41, 5.74) is 4.54. The first-order chi connectivity index (χ1) is 11.1. The number of nitrogens with one attached hydrogen (secondary N) is 1. The molecule has 1 atom stereocenters. The molecule has 1 aromatic rings. The van der Waals surface area contributed by atoms with Gasteiger partial charge in [-0.15, -0.1) is 0 Å². The summed E-state index contributed by atoms with van der Waals surface area (Å²) in [5.74, 6) is -2.27. The topological polar surface area (TPSA) is 92.5 Å². The first-order valence-electron chi connectivity index (χ1n) is 8.16. The highest BCUT2D eigenvalue weighted by molar-refractivity contribution is 6.06. The van der Waals surface area contributed by atoms with Crippen molar-refractivity contribution in [1.29, 1.82) is 0 Å². The number of hydrogen-bond acceptors (Lipinski definition) is 4. The Kier molecular flexibility index (Phi) is 1.56. The van der Waals surface area contributed by atoms with Crippen molar-refractivity contribution < 1.29 is 21.2 Å². The minimum absolute atomic E-state index is 0.0524. The number of nitrogen functional groups attached to an aromatic ring is 1. The summed E-state index contributed by atoms with van der Waals surface area (Å²) in [7, 11) is 0. The number of carbonyl (C=O) groups excluding carboxylic acids is 3. The quantitative estimate of drug-likeness (QED) is 0.553. The summed E-state index contributed by atoms with van der Waals surface area (Å²) in [6.07, 6.45) is -0.109. The van der Waals surface area contributed by atoms with Crippen molar-refractivity contribution in [3.63, 3.8) is 0 Å². The molecule has 3 rings (SSSR count). The number of carbonyl (C=O) groups is 3. The van der Waals surface area contributed by atoms with Gasteiger partial charge in [0.15, 0.2) is 0 Å². The van der Waals surface area contributed by atoms with Gasteiger partial charge in [0.2, 0.25) is 11.8 Å². The molecule has 1 aromatic carbocycles. The van der Waals surface area contributed by atoms with Crippen LogP contribution in [0.25, 0.3) is 0 Å². The maximum atomic E-state index is 12.7. The van der Waals surface area contributed by atoms with E-state index in [2.05, 4.69) is 5.32 Å². The Morgan fingerprint density at radius 1 is 1.42 bits per heavy atom. The molecular weight excluding hydrogens is 246 g/mol. The molecule has 19 heavy (non-hydrogen) atoms. The number of imide groups is 1. The zero-order valence-electron chi connectivity index (χ0n) is 14.7. The number of nitrogens with two attached hydrogens (primary N) is 1. The third-order valence-electron chi connectivity index (χ3n) is 3.09. The molecule has 1 fully saturated rings. The monoisotopic (exact) mass is 264 g/mol. The Labute approximate surface area is 116 Å². The van der Waals surface area contributed by atoms with E-state index in [4.69, 9.17) is 12.6 Å². The second kappa shape index (κ2) is 4.08. The van der Waals surface area contributed by atoms with Crippen LogP contribution in [-0.4, -0.2) is 28.7 Å². The normalized spacial score (nSPS) is 28.8. The standard InChI is InChI=1S/C13H13N3O3/c14-9-3-1-2-7-8(9)6-16(13(7)19)10-4-5-11(17)15-12(10)18/h1-3,10H,4-6,14H2,(H,15,17,18)/i1D,2D,3D,6D2. The van der Waals surface area contributed by atoms with Crippen molar-refractivity contribution in [2.45, 2.75) is 25.4 Å². The molecule has 0 aromatic heterocycles. The molecule has 0 aliphatic carbocycles. The van der Waals surface area contributed by atoms with E-state index in [0.717, 1.165) is 0 Å². The smallest absolute Gasteiger partial charge is 0.255 e. The Bertz CT molecular complexity index is 811. The van der Waals surface area contributed by atoms with Crippen LogP contribution >= 0.6 is 0 Å². The molecular formula is C13H13N3O3. The van der Waals surface area contributed by atoms with Crippen molar-refractivity contribution in [2.24, 2.45) is 0 Å². The van der Waals surface area contributed by atoms with Gasteiger partial charge in [-0.2, -0.15) is 0 Å².